The molecule has 1 aromatic carbocycles. The zero-order valence-electron chi connectivity index (χ0n) is 17.4. The van der Waals surface area contributed by atoms with Crippen LogP contribution in [0.1, 0.15) is 17.4 Å². The van der Waals surface area contributed by atoms with Gasteiger partial charge >= 0.3 is 11.9 Å². The Morgan fingerprint density at radius 3 is 2.66 bits per heavy atom. The maximum Gasteiger partial charge on any atom is 0.359 e. The molecular formula is C22H20BrN5O4. The van der Waals surface area contributed by atoms with Crippen molar-refractivity contribution in [1.29, 1.82) is 0 Å². The molecule has 0 aliphatic heterocycles. The van der Waals surface area contributed by atoms with Gasteiger partial charge in [-0.1, -0.05) is 18.2 Å². The lowest BCUT2D eigenvalue weighted by atomic mass is 10.2. The molecule has 4 rings (SSSR count). The van der Waals surface area contributed by atoms with Crippen molar-refractivity contribution in [2.75, 3.05) is 25.6 Å². The number of halogens is 1. The molecule has 3 aromatic heterocycles. The maximum atomic E-state index is 12.8. The SMILES string of the molecule is CCOC(=O)c1nn(-c2ccccc2)cc1-c1nc2c(Br)cccn2c1NCC(=O)OC. The van der Waals surface area contributed by atoms with E-state index in [4.69, 9.17) is 14.5 Å². The zero-order valence-corrected chi connectivity index (χ0v) is 19.0. The molecule has 1 N–H and O–H groups in total. The van der Waals surface area contributed by atoms with Crippen molar-refractivity contribution in [2.24, 2.45) is 0 Å². The molecule has 0 bridgehead atoms. The second-order valence-electron chi connectivity index (χ2n) is 6.68. The van der Waals surface area contributed by atoms with E-state index in [9.17, 15) is 9.59 Å². The number of nitrogens with one attached hydrogen (secondary N) is 1. The number of imidazole rings is 1. The molecule has 10 heteroatoms. The molecule has 0 unspecified atom stereocenters. The fourth-order valence-electron chi connectivity index (χ4n) is 3.23. The molecule has 0 saturated heterocycles. The summed E-state index contributed by atoms with van der Waals surface area (Å²) in [6.45, 7) is 1.86. The van der Waals surface area contributed by atoms with Crippen molar-refractivity contribution in [1.82, 2.24) is 19.2 Å². The standard InChI is InChI=1S/C22H20BrN5O4/c1-3-32-22(30)19-15(13-28(26-19)14-8-5-4-6-9-14)18-21(24-12-17(29)31-2)27-11-7-10-16(23)20(27)25-18/h4-11,13,24H,3,12H2,1-2H3. The van der Waals surface area contributed by atoms with E-state index in [0.29, 0.717) is 22.7 Å². The summed E-state index contributed by atoms with van der Waals surface area (Å²) in [6.07, 6.45) is 3.53. The highest BCUT2D eigenvalue weighted by molar-refractivity contribution is 9.10. The number of hydrogen-bond donors (Lipinski definition) is 1. The summed E-state index contributed by atoms with van der Waals surface area (Å²) in [4.78, 5) is 29.3. The Balaban J connectivity index is 1.92. The largest absolute Gasteiger partial charge is 0.468 e. The maximum absolute atomic E-state index is 12.8. The minimum Gasteiger partial charge on any atom is -0.468 e. The molecule has 0 aliphatic rings. The number of hydrogen-bond acceptors (Lipinski definition) is 7. The van der Waals surface area contributed by atoms with Gasteiger partial charge in [0.2, 0.25) is 0 Å². The number of pyridine rings is 1. The zero-order chi connectivity index (χ0) is 22.7. The van der Waals surface area contributed by atoms with Crippen molar-refractivity contribution in [2.45, 2.75) is 6.92 Å². The van der Waals surface area contributed by atoms with Crippen LogP contribution in [0, 0.1) is 0 Å². The number of methoxy groups -OCH3 is 1. The topological polar surface area (TPSA) is 99.8 Å². The van der Waals surface area contributed by atoms with Crippen molar-refractivity contribution in [3.63, 3.8) is 0 Å². The minimum absolute atomic E-state index is 0.0780. The fraction of sp³-hybridized carbons (Fsp3) is 0.182. The molecule has 0 spiro atoms. The van der Waals surface area contributed by atoms with Crippen LogP contribution >= 0.6 is 15.9 Å². The van der Waals surface area contributed by atoms with Gasteiger partial charge in [-0.15, -0.1) is 0 Å². The first-order chi connectivity index (χ1) is 15.5. The monoisotopic (exact) mass is 497 g/mol. The van der Waals surface area contributed by atoms with Crippen LogP contribution in [0.4, 0.5) is 5.82 Å². The Morgan fingerprint density at radius 2 is 1.94 bits per heavy atom. The van der Waals surface area contributed by atoms with Gasteiger partial charge in [-0.05, 0) is 47.1 Å². The summed E-state index contributed by atoms with van der Waals surface area (Å²) in [6, 6.07) is 13.1. The summed E-state index contributed by atoms with van der Waals surface area (Å²) in [5.41, 5.74) is 2.42. The molecule has 4 aromatic rings. The van der Waals surface area contributed by atoms with E-state index in [2.05, 4.69) is 26.3 Å². The summed E-state index contributed by atoms with van der Waals surface area (Å²) in [5.74, 6) is -0.483. The lowest BCUT2D eigenvalue weighted by Gasteiger charge is -2.08. The first-order valence-electron chi connectivity index (χ1n) is 9.83. The minimum atomic E-state index is -0.563. The molecule has 0 amide bonds. The Labute approximate surface area is 192 Å². The molecule has 3 heterocycles. The average molecular weight is 498 g/mol. The van der Waals surface area contributed by atoms with Gasteiger partial charge in [0, 0.05) is 12.4 Å². The van der Waals surface area contributed by atoms with E-state index in [0.717, 1.165) is 10.2 Å². The van der Waals surface area contributed by atoms with Gasteiger partial charge in [0.1, 0.15) is 18.1 Å². The number of rotatable bonds is 7. The fourth-order valence-corrected chi connectivity index (χ4v) is 3.66. The number of nitrogens with zero attached hydrogens (tertiary/aromatic N) is 4. The van der Waals surface area contributed by atoms with Gasteiger partial charge in [0.15, 0.2) is 11.3 Å². The molecular weight excluding hydrogens is 478 g/mol. The number of aromatic nitrogens is 4. The lowest BCUT2D eigenvalue weighted by Crippen LogP contribution is -2.16. The lowest BCUT2D eigenvalue weighted by molar-refractivity contribution is -0.138. The van der Waals surface area contributed by atoms with Crippen LogP contribution in [-0.4, -0.2) is 51.4 Å². The highest BCUT2D eigenvalue weighted by atomic mass is 79.9. The Morgan fingerprint density at radius 1 is 1.16 bits per heavy atom. The number of anilines is 1. The molecule has 0 radical (unpaired) electrons. The Bertz CT molecular complexity index is 1280. The number of benzene rings is 1. The van der Waals surface area contributed by atoms with E-state index in [1.165, 1.54) is 7.11 Å². The number of carbonyl (C=O) groups excluding carboxylic acids is 2. The summed E-state index contributed by atoms with van der Waals surface area (Å²) >= 11 is 3.51. The Kier molecular flexibility index (Phi) is 6.22. The number of para-hydroxylation sites is 1. The van der Waals surface area contributed by atoms with Crippen LogP contribution in [0.3, 0.4) is 0 Å². The predicted octanol–water partition coefficient (Wildman–Crippen LogP) is 3.71. The van der Waals surface area contributed by atoms with Crippen LogP contribution < -0.4 is 5.32 Å². The summed E-state index contributed by atoms with van der Waals surface area (Å²) < 4.78 is 14.1. The highest BCUT2D eigenvalue weighted by Crippen LogP contribution is 2.34. The van der Waals surface area contributed by atoms with Crippen LogP contribution in [0.25, 0.3) is 22.6 Å². The Hall–Kier alpha value is -3.66. The third-order valence-electron chi connectivity index (χ3n) is 4.69. The second-order valence-corrected chi connectivity index (χ2v) is 7.53. The van der Waals surface area contributed by atoms with Crippen molar-refractivity contribution in [3.8, 4) is 16.9 Å². The quantitative estimate of drug-likeness (QED) is 0.388. The van der Waals surface area contributed by atoms with Crippen LogP contribution in [0.15, 0.2) is 59.3 Å². The number of carbonyl (C=O) groups is 2. The molecule has 0 aliphatic carbocycles. The first kappa shape index (κ1) is 21.6. The number of ether oxygens (including phenoxy) is 2. The van der Waals surface area contributed by atoms with Gasteiger partial charge in [-0.2, -0.15) is 5.10 Å². The van der Waals surface area contributed by atoms with E-state index in [1.807, 2.05) is 48.7 Å². The normalized spacial score (nSPS) is 10.8. The second kappa shape index (κ2) is 9.23. The van der Waals surface area contributed by atoms with Gasteiger partial charge < -0.3 is 14.8 Å². The first-order valence-corrected chi connectivity index (χ1v) is 10.6. The van der Waals surface area contributed by atoms with Crippen molar-refractivity contribution >= 4 is 39.3 Å². The third kappa shape index (κ3) is 4.09. The van der Waals surface area contributed by atoms with Crippen LogP contribution in [0.2, 0.25) is 0 Å². The molecule has 32 heavy (non-hydrogen) atoms. The molecule has 0 fully saturated rings. The van der Waals surface area contributed by atoms with E-state index in [1.54, 1.807) is 22.2 Å². The van der Waals surface area contributed by atoms with Gasteiger partial charge in [-0.3, -0.25) is 9.20 Å². The number of esters is 2. The van der Waals surface area contributed by atoms with Gasteiger partial charge in [-0.25, -0.2) is 14.5 Å². The van der Waals surface area contributed by atoms with Gasteiger partial charge in [0.25, 0.3) is 0 Å². The molecule has 164 valence electrons. The van der Waals surface area contributed by atoms with Crippen molar-refractivity contribution in [3.05, 3.63) is 65.0 Å². The summed E-state index contributed by atoms with van der Waals surface area (Å²) in [5, 5.41) is 7.56. The van der Waals surface area contributed by atoms with E-state index >= 15 is 0 Å². The summed E-state index contributed by atoms with van der Waals surface area (Å²) in [7, 11) is 1.32. The molecule has 9 nitrogen and oxygen atoms in total. The van der Waals surface area contributed by atoms with Crippen LogP contribution in [-0.2, 0) is 14.3 Å². The third-order valence-corrected chi connectivity index (χ3v) is 5.31. The number of fused-ring (bicyclic) bond motifs is 1. The van der Waals surface area contributed by atoms with E-state index < -0.39 is 11.9 Å². The average Bonchev–Trinajstić information content (AvgIpc) is 3.41. The predicted molar refractivity (Wildman–Crippen MR) is 122 cm³/mol. The van der Waals surface area contributed by atoms with Crippen LogP contribution in [0.5, 0.6) is 0 Å². The molecule has 0 saturated carbocycles. The smallest absolute Gasteiger partial charge is 0.359 e. The van der Waals surface area contributed by atoms with Crippen molar-refractivity contribution < 1.29 is 19.1 Å². The van der Waals surface area contributed by atoms with Gasteiger partial charge in [0.05, 0.1) is 29.4 Å². The highest BCUT2D eigenvalue weighted by Gasteiger charge is 2.26. The molecule has 0 atom stereocenters. The van der Waals surface area contributed by atoms with E-state index in [-0.39, 0.29) is 18.8 Å².